The van der Waals surface area contributed by atoms with E-state index in [0.29, 0.717) is 13.1 Å². The third-order valence-corrected chi connectivity index (χ3v) is 4.11. The van der Waals surface area contributed by atoms with Gasteiger partial charge in [0.25, 0.3) is 0 Å². The molecule has 1 aliphatic carbocycles. The standard InChI is InChI=1S/C13H21NO4/c1-12(5-3-4-6-12)11(17)14-8-13(2,9-14)18-7-10(15)16/h3-9H2,1-2H3,(H,15,16). The molecule has 1 saturated carbocycles. The van der Waals surface area contributed by atoms with Gasteiger partial charge in [0.15, 0.2) is 0 Å². The molecule has 5 nitrogen and oxygen atoms in total. The molecule has 2 fully saturated rings. The Hall–Kier alpha value is -1.10. The van der Waals surface area contributed by atoms with Crippen molar-refractivity contribution in [3.8, 4) is 0 Å². The average molecular weight is 255 g/mol. The van der Waals surface area contributed by atoms with Crippen LogP contribution in [0.3, 0.4) is 0 Å². The summed E-state index contributed by atoms with van der Waals surface area (Å²) in [6, 6.07) is 0. The summed E-state index contributed by atoms with van der Waals surface area (Å²) in [6.45, 7) is 4.62. The first-order valence-corrected chi connectivity index (χ1v) is 6.50. The maximum Gasteiger partial charge on any atom is 0.329 e. The van der Waals surface area contributed by atoms with Crippen LogP contribution in [0.1, 0.15) is 39.5 Å². The Balaban J connectivity index is 1.84. The number of aliphatic carboxylic acids is 1. The van der Waals surface area contributed by atoms with Crippen LogP contribution in [0.4, 0.5) is 0 Å². The Morgan fingerprint density at radius 3 is 2.28 bits per heavy atom. The zero-order valence-electron chi connectivity index (χ0n) is 11.1. The van der Waals surface area contributed by atoms with Gasteiger partial charge < -0.3 is 14.7 Å². The summed E-state index contributed by atoms with van der Waals surface area (Å²) < 4.78 is 5.31. The van der Waals surface area contributed by atoms with Gasteiger partial charge in [-0.15, -0.1) is 0 Å². The molecule has 0 unspecified atom stereocenters. The molecular formula is C13H21NO4. The zero-order chi connectivity index (χ0) is 13.4. The minimum absolute atomic E-state index is 0.200. The van der Waals surface area contributed by atoms with E-state index in [9.17, 15) is 9.59 Å². The van der Waals surface area contributed by atoms with Crippen LogP contribution in [0.15, 0.2) is 0 Å². The lowest BCUT2D eigenvalue weighted by Crippen LogP contribution is -2.65. The molecule has 0 atom stereocenters. The molecule has 2 aliphatic rings. The van der Waals surface area contributed by atoms with Crippen molar-refractivity contribution in [1.29, 1.82) is 0 Å². The second-order valence-corrected chi connectivity index (χ2v) is 6.06. The lowest BCUT2D eigenvalue weighted by atomic mass is 9.84. The van der Waals surface area contributed by atoms with Crippen molar-refractivity contribution in [2.75, 3.05) is 19.7 Å². The molecule has 2 rings (SSSR count). The van der Waals surface area contributed by atoms with Crippen LogP contribution in [0.2, 0.25) is 0 Å². The van der Waals surface area contributed by atoms with Gasteiger partial charge in [0.2, 0.25) is 5.91 Å². The van der Waals surface area contributed by atoms with Crippen molar-refractivity contribution in [3.63, 3.8) is 0 Å². The number of rotatable bonds is 4. The van der Waals surface area contributed by atoms with E-state index >= 15 is 0 Å². The fourth-order valence-electron chi connectivity index (χ4n) is 2.98. The molecule has 1 aliphatic heterocycles. The van der Waals surface area contributed by atoms with E-state index in [4.69, 9.17) is 9.84 Å². The molecular weight excluding hydrogens is 234 g/mol. The fourth-order valence-corrected chi connectivity index (χ4v) is 2.98. The summed E-state index contributed by atoms with van der Waals surface area (Å²) in [4.78, 5) is 24.6. The van der Waals surface area contributed by atoms with E-state index < -0.39 is 11.6 Å². The van der Waals surface area contributed by atoms with Crippen molar-refractivity contribution in [1.82, 2.24) is 4.90 Å². The predicted molar refractivity (Wildman–Crippen MR) is 65.1 cm³/mol. The van der Waals surface area contributed by atoms with Gasteiger partial charge in [0.05, 0.1) is 13.1 Å². The summed E-state index contributed by atoms with van der Waals surface area (Å²) in [5.41, 5.74) is -0.683. The first-order chi connectivity index (χ1) is 8.35. The highest BCUT2D eigenvalue weighted by atomic mass is 16.5. The molecule has 0 aromatic carbocycles. The van der Waals surface area contributed by atoms with Crippen LogP contribution in [0, 0.1) is 5.41 Å². The second-order valence-electron chi connectivity index (χ2n) is 6.06. The molecule has 1 N–H and O–H groups in total. The van der Waals surface area contributed by atoms with Crippen LogP contribution in [-0.2, 0) is 14.3 Å². The van der Waals surface area contributed by atoms with Gasteiger partial charge in [-0.3, -0.25) is 4.79 Å². The number of carbonyl (C=O) groups excluding carboxylic acids is 1. The van der Waals surface area contributed by atoms with Crippen molar-refractivity contribution in [2.24, 2.45) is 5.41 Å². The molecule has 1 amide bonds. The lowest BCUT2D eigenvalue weighted by molar-refractivity contribution is -0.178. The molecule has 0 radical (unpaired) electrons. The Labute approximate surface area is 107 Å². The van der Waals surface area contributed by atoms with Gasteiger partial charge in [0, 0.05) is 5.41 Å². The van der Waals surface area contributed by atoms with Crippen molar-refractivity contribution in [3.05, 3.63) is 0 Å². The van der Waals surface area contributed by atoms with E-state index in [-0.39, 0.29) is 17.9 Å². The first-order valence-electron chi connectivity index (χ1n) is 6.50. The van der Waals surface area contributed by atoms with Gasteiger partial charge >= 0.3 is 5.97 Å². The maximum atomic E-state index is 12.3. The van der Waals surface area contributed by atoms with E-state index in [1.807, 2.05) is 13.8 Å². The highest BCUT2D eigenvalue weighted by Crippen LogP contribution is 2.41. The monoisotopic (exact) mass is 255 g/mol. The third kappa shape index (κ3) is 2.51. The van der Waals surface area contributed by atoms with Gasteiger partial charge in [-0.05, 0) is 19.8 Å². The third-order valence-electron chi connectivity index (χ3n) is 4.11. The molecule has 0 aromatic rings. The maximum absolute atomic E-state index is 12.3. The second kappa shape index (κ2) is 4.53. The topological polar surface area (TPSA) is 66.8 Å². The summed E-state index contributed by atoms with van der Waals surface area (Å²) >= 11 is 0. The van der Waals surface area contributed by atoms with Crippen molar-refractivity contribution in [2.45, 2.75) is 45.1 Å². The molecule has 5 heteroatoms. The number of carboxylic acids is 1. The number of hydrogen-bond donors (Lipinski definition) is 1. The molecule has 0 bridgehead atoms. The van der Waals surface area contributed by atoms with Crippen LogP contribution < -0.4 is 0 Å². The van der Waals surface area contributed by atoms with E-state index in [1.54, 1.807) is 4.90 Å². The van der Waals surface area contributed by atoms with Gasteiger partial charge in [-0.2, -0.15) is 0 Å². The average Bonchev–Trinajstić information content (AvgIpc) is 2.70. The Morgan fingerprint density at radius 1 is 1.22 bits per heavy atom. The summed E-state index contributed by atoms with van der Waals surface area (Å²) in [5.74, 6) is -0.764. The Morgan fingerprint density at radius 2 is 1.78 bits per heavy atom. The summed E-state index contributed by atoms with van der Waals surface area (Å²) in [7, 11) is 0. The van der Waals surface area contributed by atoms with Crippen LogP contribution in [-0.4, -0.2) is 47.2 Å². The molecule has 0 aromatic heterocycles. The number of nitrogens with zero attached hydrogens (tertiary/aromatic N) is 1. The van der Waals surface area contributed by atoms with Crippen LogP contribution in [0.25, 0.3) is 0 Å². The lowest BCUT2D eigenvalue weighted by Gasteiger charge is -2.49. The number of amides is 1. The molecule has 18 heavy (non-hydrogen) atoms. The molecule has 1 heterocycles. The number of hydrogen-bond acceptors (Lipinski definition) is 3. The van der Waals surface area contributed by atoms with Gasteiger partial charge in [-0.25, -0.2) is 4.79 Å². The number of carbonyl (C=O) groups is 2. The van der Waals surface area contributed by atoms with E-state index in [2.05, 4.69) is 0 Å². The highest BCUT2D eigenvalue weighted by molar-refractivity contribution is 5.83. The molecule has 1 saturated heterocycles. The predicted octanol–water partition coefficient (Wildman–Crippen LogP) is 1.27. The smallest absolute Gasteiger partial charge is 0.329 e. The minimum Gasteiger partial charge on any atom is -0.480 e. The van der Waals surface area contributed by atoms with Crippen LogP contribution in [0.5, 0.6) is 0 Å². The van der Waals surface area contributed by atoms with Crippen LogP contribution >= 0.6 is 0 Å². The molecule has 0 spiro atoms. The van der Waals surface area contributed by atoms with Gasteiger partial charge in [0.1, 0.15) is 12.2 Å². The largest absolute Gasteiger partial charge is 0.480 e. The van der Waals surface area contributed by atoms with E-state index in [1.165, 1.54) is 0 Å². The quantitative estimate of drug-likeness (QED) is 0.821. The number of ether oxygens (including phenoxy) is 1. The normalized spacial score (nSPS) is 24.7. The van der Waals surface area contributed by atoms with E-state index in [0.717, 1.165) is 25.7 Å². The minimum atomic E-state index is -0.969. The van der Waals surface area contributed by atoms with Gasteiger partial charge in [-0.1, -0.05) is 19.8 Å². The SMILES string of the molecule is CC1(OCC(=O)O)CN(C(=O)C2(C)CCCC2)C1. The zero-order valence-corrected chi connectivity index (χ0v) is 11.1. The highest BCUT2D eigenvalue weighted by Gasteiger charge is 2.48. The molecule has 102 valence electrons. The summed E-state index contributed by atoms with van der Waals surface area (Å²) in [6.07, 6.45) is 4.19. The first kappa shape index (κ1) is 13.3. The van der Waals surface area contributed by atoms with Crippen molar-refractivity contribution >= 4 is 11.9 Å². The fraction of sp³-hybridized carbons (Fsp3) is 0.846. The number of carboxylic acid groups (broad SMARTS) is 1. The number of likely N-dealkylation sites (tertiary alicyclic amines) is 1. The Bertz CT molecular complexity index is 354. The summed E-state index contributed by atoms with van der Waals surface area (Å²) in [5, 5.41) is 8.58. The Kier molecular flexibility index (Phi) is 3.36. The van der Waals surface area contributed by atoms with Crippen molar-refractivity contribution < 1.29 is 19.4 Å².